The predicted molar refractivity (Wildman–Crippen MR) is 79.3 cm³/mol. The van der Waals surface area contributed by atoms with Crippen LogP contribution in [-0.2, 0) is 0 Å². The molecule has 0 unspecified atom stereocenters. The third-order valence-corrected chi connectivity index (χ3v) is 2.74. The first-order valence-corrected chi connectivity index (χ1v) is 6.23. The van der Waals surface area contributed by atoms with Crippen LogP contribution in [0.2, 0.25) is 0 Å². The van der Waals surface area contributed by atoms with Crippen molar-refractivity contribution < 1.29 is 4.79 Å². The fraction of sp³-hybridized carbons (Fsp3) is 0.125. The number of nitrogens with one attached hydrogen (secondary N) is 1. The van der Waals surface area contributed by atoms with Gasteiger partial charge in [0.1, 0.15) is 5.69 Å². The largest absolute Gasteiger partial charge is 0.320 e. The summed E-state index contributed by atoms with van der Waals surface area (Å²) in [6.07, 6.45) is 1.57. The van der Waals surface area contributed by atoms with Crippen molar-refractivity contribution in [3.63, 3.8) is 0 Å². The summed E-state index contributed by atoms with van der Waals surface area (Å²) < 4.78 is 0. The molecule has 4 nitrogen and oxygen atoms in total. The summed E-state index contributed by atoms with van der Waals surface area (Å²) in [5, 5.41) is 2.84. The molecule has 1 heterocycles. The van der Waals surface area contributed by atoms with Crippen LogP contribution >= 0.6 is 0 Å². The first-order chi connectivity index (χ1) is 9.72. The Morgan fingerprint density at radius 1 is 1.30 bits per heavy atom. The standard InChI is InChI=1S/C16H15N3O/c1-12-6-2-3-9-14(12)19-16(20)15-13(7-4-10-17)8-5-11-18-15/h2-3,5-6,8-9,11H,10,17H2,1H3,(H,19,20). The number of hydrogen-bond acceptors (Lipinski definition) is 3. The highest BCUT2D eigenvalue weighted by Gasteiger charge is 2.12. The molecule has 20 heavy (non-hydrogen) atoms. The molecule has 100 valence electrons. The number of aromatic nitrogens is 1. The lowest BCUT2D eigenvalue weighted by Crippen LogP contribution is -2.16. The third-order valence-electron chi connectivity index (χ3n) is 2.74. The molecule has 0 aliphatic heterocycles. The normalized spacial score (nSPS) is 9.50. The van der Waals surface area contributed by atoms with E-state index in [1.165, 1.54) is 0 Å². The zero-order chi connectivity index (χ0) is 14.4. The number of anilines is 1. The van der Waals surface area contributed by atoms with Gasteiger partial charge in [-0.25, -0.2) is 4.98 Å². The average Bonchev–Trinajstić information content (AvgIpc) is 2.47. The van der Waals surface area contributed by atoms with Crippen LogP contribution in [0.3, 0.4) is 0 Å². The van der Waals surface area contributed by atoms with Crippen LogP contribution in [0.1, 0.15) is 21.6 Å². The fourth-order valence-corrected chi connectivity index (χ4v) is 1.73. The highest BCUT2D eigenvalue weighted by Crippen LogP contribution is 2.15. The Bertz CT molecular complexity index is 683. The van der Waals surface area contributed by atoms with Gasteiger partial charge < -0.3 is 11.1 Å². The van der Waals surface area contributed by atoms with Gasteiger partial charge in [0, 0.05) is 11.9 Å². The molecule has 0 aliphatic rings. The second-order valence-corrected chi connectivity index (χ2v) is 4.17. The van der Waals surface area contributed by atoms with Crippen molar-refractivity contribution in [3.8, 4) is 11.8 Å². The van der Waals surface area contributed by atoms with Crippen molar-refractivity contribution in [1.82, 2.24) is 4.98 Å². The molecule has 2 rings (SSSR count). The average molecular weight is 265 g/mol. The summed E-state index contributed by atoms with van der Waals surface area (Å²) in [6, 6.07) is 11.1. The van der Waals surface area contributed by atoms with Gasteiger partial charge in [-0.1, -0.05) is 30.0 Å². The molecule has 4 heteroatoms. The molecule has 0 bridgehead atoms. The van der Waals surface area contributed by atoms with Crippen LogP contribution in [0.15, 0.2) is 42.6 Å². The van der Waals surface area contributed by atoms with E-state index in [4.69, 9.17) is 5.73 Å². The molecule has 0 aliphatic carbocycles. The lowest BCUT2D eigenvalue weighted by Gasteiger charge is -2.08. The van der Waals surface area contributed by atoms with Crippen LogP contribution < -0.4 is 11.1 Å². The van der Waals surface area contributed by atoms with E-state index in [-0.39, 0.29) is 12.5 Å². The summed E-state index contributed by atoms with van der Waals surface area (Å²) >= 11 is 0. The van der Waals surface area contributed by atoms with Crippen molar-refractivity contribution >= 4 is 11.6 Å². The Morgan fingerprint density at radius 2 is 2.10 bits per heavy atom. The Balaban J connectivity index is 2.28. The Hall–Kier alpha value is -2.64. The maximum Gasteiger partial charge on any atom is 0.275 e. The zero-order valence-corrected chi connectivity index (χ0v) is 11.2. The Morgan fingerprint density at radius 3 is 2.85 bits per heavy atom. The number of aryl methyl sites for hydroxylation is 1. The lowest BCUT2D eigenvalue weighted by molar-refractivity contribution is 0.102. The van der Waals surface area contributed by atoms with E-state index in [9.17, 15) is 4.79 Å². The summed E-state index contributed by atoms with van der Waals surface area (Å²) in [7, 11) is 0. The number of hydrogen-bond donors (Lipinski definition) is 2. The molecule has 1 amide bonds. The van der Waals surface area contributed by atoms with Crippen LogP contribution in [0.4, 0.5) is 5.69 Å². The van der Waals surface area contributed by atoms with E-state index in [1.54, 1.807) is 18.3 Å². The third kappa shape index (κ3) is 3.22. The smallest absolute Gasteiger partial charge is 0.275 e. The maximum absolute atomic E-state index is 12.3. The van der Waals surface area contributed by atoms with Crippen molar-refractivity contribution in [2.24, 2.45) is 5.73 Å². The van der Waals surface area contributed by atoms with Gasteiger partial charge in [0.25, 0.3) is 5.91 Å². The van der Waals surface area contributed by atoms with Crippen LogP contribution in [0.25, 0.3) is 0 Å². The van der Waals surface area contributed by atoms with Crippen molar-refractivity contribution in [2.45, 2.75) is 6.92 Å². The van der Waals surface area contributed by atoms with Crippen LogP contribution in [-0.4, -0.2) is 17.4 Å². The van der Waals surface area contributed by atoms with Crippen LogP contribution in [0, 0.1) is 18.8 Å². The minimum absolute atomic E-state index is 0.244. The highest BCUT2D eigenvalue weighted by molar-refractivity contribution is 6.04. The number of amides is 1. The van der Waals surface area contributed by atoms with Gasteiger partial charge in [0.15, 0.2) is 0 Å². The van der Waals surface area contributed by atoms with E-state index in [0.29, 0.717) is 11.3 Å². The lowest BCUT2D eigenvalue weighted by atomic mass is 10.1. The second-order valence-electron chi connectivity index (χ2n) is 4.17. The van der Waals surface area contributed by atoms with Gasteiger partial charge in [0.05, 0.1) is 12.1 Å². The second kappa shape index (κ2) is 6.50. The molecule has 0 radical (unpaired) electrons. The number of nitrogens with zero attached hydrogens (tertiary/aromatic N) is 1. The maximum atomic E-state index is 12.3. The summed E-state index contributed by atoms with van der Waals surface area (Å²) in [4.78, 5) is 16.4. The highest BCUT2D eigenvalue weighted by atomic mass is 16.1. The van der Waals surface area contributed by atoms with E-state index in [0.717, 1.165) is 11.3 Å². The van der Waals surface area contributed by atoms with Crippen LogP contribution in [0.5, 0.6) is 0 Å². The SMILES string of the molecule is Cc1ccccc1NC(=O)c1ncccc1C#CCN. The minimum Gasteiger partial charge on any atom is -0.320 e. The Labute approximate surface area is 118 Å². The molecule has 0 atom stereocenters. The van der Waals surface area contributed by atoms with Gasteiger partial charge in [0.2, 0.25) is 0 Å². The minimum atomic E-state index is -0.277. The molecule has 0 fully saturated rings. The summed E-state index contributed by atoms with van der Waals surface area (Å²) in [6.45, 7) is 2.18. The molecule has 1 aromatic heterocycles. The van der Waals surface area contributed by atoms with Gasteiger partial charge in [-0.05, 0) is 30.7 Å². The number of nitrogens with two attached hydrogens (primary N) is 1. The van der Waals surface area contributed by atoms with Crippen molar-refractivity contribution in [2.75, 3.05) is 11.9 Å². The number of pyridine rings is 1. The Kier molecular flexibility index (Phi) is 4.48. The van der Waals surface area contributed by atoms with E-state index >= 15 is 0 Å². The van der Waals surface area contributed by atoms with Gasteiger partial charge in [-0.3, -0.25) is 4.79 Å². The van der Waals surface area contributed by atoms with Gasteiger partial charge in [-0.15, -0.1) is 0 Å². The number of benzene rings is 1. The molecular weight excluding hydrogens is 250 g/mol. The summed E-state index contributed by atoms with van der Waals surface area (Å²) in [5.41, 5.74) is 7.98. The quantitative estimate of drug-likeness (QED) is 0.815. The molecule has 1 aromatic carbocycles. The molecule has 0 saturated heterocycles. The number of carbonyl (C=O) groups is 1. The number of carbonyl (C=O) groups excluding carboxylic acids is 1. The predicted octanol–water partition coefficient (Wildman–Crippen LogP) is 1.95. The molecule has 3 N–H and O–H groups in total. The van der Waals surface area contributed by atoms with E-state index in [2.05, 4.69) is 22.1 Å². The fourth-order valence-electron chi connectivity index (χ4n) is 1.73. The molecular formula is C16H15N3O. The first-order valence-electron chi connectivity index (χ1n) is 6.23. The summed E-state index contributed by atoms with van der Waals surface area (Å²) in [5.74, 6) is 5.31. The topological polar surface area (TPSA) is 68.0 Å². The number of para-hydroxylation sites is 1. The zero-order valence-electron chi connectivity index (χ0n) is 11.2. The van der Waals surface area contributed by atoms with E-state index in [1.807, 2.05) is 31.2 Å². The van der Waals surface area contributed by atoms with E-state index < -0.39 is 0 Å². The molecule has 0 saturated carbocycles. The van der Waals surface area contributed by atoms with Crippen molar-refractivity contribution in [1.29, 1.82) is 0 Å². The number of rotatable bonds is 2. The molecule has 0 spiro atoms. The van der Waals surface area contributed by atoms with Gasteiger partial charge in [-0.2, -0.15) is 0 Å². The van der Waals surface area contributed by atoms with Crippen molar-refractivity contribution in [3.05, 3.63) is 59.4 Å². The van der Waals surface area contributed by atoms with Gasteiger partial charge >= 0.3 is 0 Å². The first kappa shape index (κ1) is 13.8. The molecule has 2 aromatic rings. The monoisotopic (exact) mass is 265 g/mol.